The lowest BCUT2D eigenvalue weighted by atomic mass is 9.48. The summed E-state index contributed by atoms with van der Waals surface area (Å²) in [6.07, 6.45) is 2.55. The summed E-state index contributed by atoms with van der Waals surface area (Å²) in [7, 11) is 0. The van der Waals surface area contributed by atoms with Crippen molar-refractivity contribution in [2.45, 2.75) is 105 Å². The van der Waals surface area contributed by atoms with Crippen LogP contribution in [0.2, 0.25) is 0 Å². The van der Waals surface area contributed by atoms with Gasteiger partial charge in [0.1, 0.15) is 22.8 Å². The molecule has 39 heavy (non-hydrogen) atoms. The molecule has 7 heteroatoms. The SMILES string of the molecule is CC(=O)C1=C(O)C[C@@]2(C)C[C@@]3(C)Cc4c(C(C)C)cc(CCCC(C)(C)C)c(O)c4C(=O)C3=C(O)[C@@]2(O)C1=O. The second kappa shape index (κ2) is 9.05. The minimum atomic E-state index is -2.55. The van der Waals surface area contributed by atoms with Crippen LogP contribution in [0, 0.1) is 16.2 Å². The zero-order valence-electron chi connectivity index (χ0n) is 24.4. The third kappa shape index (κ3) is 4.24. The highest BCUT2D eigenvalue weighted by Crippen LogP contribution is 2.62. The molecule has 3 aliphatic rings. The summed E-state index contributed by atoms with van der Waals surface area (Å²) in [6, 6.07) is 1.99. The number of aryl methyl sites for hydroxylation is 1. The Morgan fingerprint density at radius 1 is 1.08 bits per heavy atom. The number of aromatic hydroxyl groups is 1. The number of allylic oxidation sites excluding steroid dienone is 2. The first kappa shape index (κ1) is 29.1. The molecule has 0 saturated heterocycles. The molecule has 0 fully saturated rings. The van der Waals surface area contributed by atoms with Crippen LogP contribution in [0.1, 0.15) is 114 Å². The smallest absolute Gasteiger partial charge is 0.209 e. The van der Waals surface area contributed by atoms with Gasteiger partial charge in [0.25, 0.3) is 0 Å². The monoisotopic (exact) mass is 538 g/mol. The number of carbonyl (C=O) groups is 3. The average molecular weight is 539 g/mol. The summed E-state index contributed by atoms with van der Waals surface area (Å²) in [6.45, 7) is 15.0. The van der Waals surface area contributed by atoms with Gasteiger partial charge in [-0.15, -0.1) is 0 Å². The third-order valence-electron chi connectivity index (χ3n) is 9.13. The van der Waals surface area contributed by atoms with E-state index in [-0.39, 0.29) is 41.1 Å². The summed E-state index contributed by atoms with van der Waals surface area (Å²) in [5.74, 6) is -3.69. The molecule has 0 bridgehead atoms. The molecule has 4 rings (SSSR count). The molecule has 3 aliphatic carbocycles. The van der Waals surface area contributed by atoms with E-state index in [4.69, 9.17) is 0 Å². The van der Waals surface area contributed by atoms with Gasteiger partial charge in [0.15, 0.2) is 17.2 Å². The highest BCUT2D eigenvalue weighted by atomic mass is 16.3. The van der Waals surface area contributed by atoms with Gasteiger partial charge >= 0.3 is 0 Å². The molecule has 0 radical (unpaired) electrons. The maximum absolute atomic E-state index is 14.2. The number of phenolic OH excluding ortho intramolecular Hbond substituents is 1. The number of rotatable bonds is 5. The van der Waals surface area contributed by atoms with E-state index in [9.17, 15) is 34.8 Å². The summed E-state index contributed by atoms with van der Waals surface area (Å²) >= 11 is 0. The number of phenols is 1. The first-order valence-electron chi connectivity index (χ1n) is 13.9. The molecule has 0 aromatic heterocycles. The molecule has 7 nitrogen and oxygen atoms in total. The van der Waals surface area contributed by atoms with Crippen molar-refractivity contribution in [2.24, 2.45) is 16.2 Å². The van der Waals surface area contributed by atoms with E-state index >= 15 is 0 Å². The molecular formula is C32H42O7. The van der Waals surface area contributed by atoms with Crippen LogP contribution in [-0.2, 0) is 22.4 Å². The lowest BCUT2D eigenvalue weighted by Crippen LogP contribution is -2.63. The molecule has 3 atom stereocenters. The Morgan fingerprint density at radius 2 is 1.69 bits per heavy atom. The maximum atomic E-state index is 14.2. The number of benzene rings is 1. The minimum Gasteiger partial charge on any atom is -0.511 e. The standard InChI is InChI=1S/C32H42O7/c1-16(2)19-12-18(10-9-11-29(4,5)6)25(35)23-20(19)13-30(7)15-31(8)14-21(34)22(17(3)33)27(37)32(31,39)28(38)24(30)26(23)36/h12,16,34-35,38-39H,9-11,13-15H2,1-8H3/t30-,31+,32+/m1/s1. The molecule has 0 aliphatic heterocycles. The first-order chi connectivity index (χ1) is 17.8. The van der Waals surface area contributed by atoms with E-state index in [1.807, 2.05) is 26.8 Å². The lowest BCUT2D eigenvalue weighted by molar-refractivity contribution is -0.159. The van der Waals surface area contributed by atoms with Gasteiger partial charge in [0.2, 0.25) is 5.78 Å². The zero-order valence-corrected chi connectivity index (χ0v) is 24.4. The van der Waals surface area contributed by atoms with Crippen molar-refractivity contribution < 1.29 is 34.8 Å². The van der Waals surface area contributed by atoms with Crippen LogP contribution >= 0.6 is 0 Å². The third-order valence-corrected chi connectivity index (χ3v) is 9.13. The second-order valence-corrected chi connectivity index (χ2v) is 14.0. The van der Waals surface area contributed by atoms with E-state index in [0.29, 0.717) is 24.0 Å². The average Bonchev–Trinajstić information content (AvgIpc) is 2.76. The Balaban J connectivity index is 1.93. The minimum absolute atomic E-state index is 0.0636. The van der Waals surface area contributed by atoms with Crippen molar-refractivity contribution in [2.75, 3.05) is 0 Å². The summed E-state index contributed by atoms with van der Waals surface area (Å²) in [4.78, 5) is 39.9. The van der Waals surface area contributed by atoms with Gasteiger partial charge in [-0.05, 0) is 67.1 Å². The first-order valence-corrected chi connectivity index (χ1v) is 13.9. The Labute approximate surface area is 230 Å². The summed E-state index contributed by atoms with van der Waals surface area (Å²) in [5, 5.41) is 45.5. The number of fused-ring (bicyclic) bond motifs is 3. The van der Waals surface area contributed by atoms with Crippen LogP contribution in [0.5, 0.6) is 5.75 Å². The van der Waals surface area contributed by atoms with E-state index in [2.05, 4.69) is 20.8 Å². The number of aliphatic hydroxyl groups is 3. The Kier molecular flexibility index (Phi) is 6.74. The van der Waals surface area contributed by atoms with E-state index in [0.717, 1.165) is 25.3 Å². The second-order valence-electron chi connectivity index (χ2n) is 14.0. The van der Waals surface area contributed by atoms with Gasteiger partial charge in [-0.1, -0.05) is 54.5 Å². The summed E-state index contributed by atoms with van der Waals surface area (Å²) in [5.41, 5.74) is -2.98. The van der Waals surface area contributed by atoms with Crippen molar-refractivity contribution in [3.05, 3.63) is 51.0 Å². The highest BCUT2D eigenvalue weighted by molar-refractivity contribution is 6.25. The van der Waals surface area contributed by atoms with Crippen LogP contribution in [0.3, 0.4) is 0 Å². The normalized spacial score (nSPS) is 29.0. The fourth-order valence-corrected chi connectivity index (χ4v) is 7.32. The van der Waals surface area contributed by atoms with Gasteiger partial charge in [0.05, 0.1) is 5.56 Å². The molecule has 4 N–H and O–H groups in total. The zero-order chi connectivity index (χ0) is 29.5. The van der Waals surface area contributed by atoms with Crippen molar-refractivity contribution >= 4 is 17.3 Å². The van der Waals surface area contributed by atoms with Gasteiger partial charge in [-0.25, -0.2) is 0 Å². The van der Waals surface area contributed by atoms with E-state index in [1.54, 1.807) is 6.92 Å². The molecular weight excluding hydrogens is 496 g/mol. The molecule has 212 valence electrons. The molecule has 0 amide bonds. The van der Waals surface area contributed by atoms with Crippen molar-refractivity contribution in [1.82, 2.24) is 0 Å². The Bertz CT molecular complexity index is 1360. The number of ketones is 3. The molecule has 0 unspecified atom stereocenters. The van der Waals surface area contributed by atoms with Crippen LogP contribution < -0.4 is 0 Å². The van der Waals surface area contributed by atoms with Crippen molar-refractivity contribution in [1.29, 1.82) is 0 Å². The lowest BCUT2D eigenvalue weighted by Gasteiger charge is -2.56. The van der Waals surface area contributed by atoms with Crippen LogP contribution in [0.15, 0.2) is 28.7 Å². The van der Waals surface area contributed by atoms with Gasteiger partial charge in [-0.2, -0.15) is 0 Å². The van der Waals surface area contributed by atoms with Crippen LogP contribution in [0.4, 0.5) is 0 Å². The largest absolute Gasteiger partial charge is 0.511 e. The maximum Gasteiger partial charge on any atom is 0.209 e. The quantitative estimate of drug-likeness (QED) is 0.340. The van der Waals surface area contributed by atoms with Gasteiger partial charge in [-0.3, -0.25) is 14.4 Å². The fourth-order valence-electron chi connectivity index (χ4n) is 7.32. The molecule has 0 saturated carbocycles. The predicted molar refractivity (Wildman–Crippen MR) is 148 cm³/mol. The number of carbonyl (C=O) groups excluding carboxylic acids is 3. The number of hydrogen-bond donors (Lipinski definition) is 4. The Morgan fingerprint density at radius 3 is 2.23 bits per heavy atom. The molecule has 1 aromatic carbocycles. The molecule has 0 spiro atoms. The predicted octanol–water partition coefficient (Wildman–Crippen LogP) is 5.96. The van der Waals surface area contributed by atoms with Crippen molar-refractivity contribution in [3.8, 4) is 5.75 Å². The molecule has 1 aromatic rings. The van der Waals surface area contributed by atoms with Crippen molar-refractivity contribution in [3.63, 3.8) is 0 Å². The fraction of sp³-hybridized carbons (Fsp3) is 0.594. The number of aliphatic hydroxyl groups excluding tert-OH is 2. The van der Waals surface area contributed by atoms with E-state index < -0.39 is 50.9 Å². The number of hydrogen-bond acceptors (Lipinski definition) is 7. The van der Waals surface area contributed by atoms with Crippen LogP contribution in [0.25, 0.3) is 0 Å². The Hall–Kier alpha value is -2.93. The highest BCUT2D eigenvalue weighted by Gasteiger charge is 2.67. The van der Waals surface area contributed by atoms with Gasteiger partial charge < -0.3 is 20.4 Å². The summed E-state index contributed by atoms with van der Waals surface area (Å²) < 4.78 is 0. The molecule has 0 heterocycles. The topological polar surface area (TPSA) is 132 Å². The van der Waals surface area contributed by atoms with Gasteiger partial charge in [0, 0.05) is 22.8 Å². The van der Waals surface area contributed by atoms with Crippen LogP contribution in [-0.4, -0.2) is 43.4 Å². The number of Topliss-reactive ketones (excluding diaryl/α,β-unsaturated/α-hetero) is 3. The van der Waals surface area contributed by atoms with E-state index in [1.165, 1.54) is 0 Å².